The molecule has 196 valence electrons. The monoisotopic (exact) mass is 504 g/mol. The number of carbonyl (C=O) groups is 3. The molecule has 3 aromatic carbocycles. The zero-order valence-electron chi connectivity index (χ0n) is 21.7. The molecule has 0 aliphatic carbocycles. The molecule has 0 radical (unpaired) electrons. The van der Waals surface area contributed by atoms with E-state index in [1.54, 1.807) is 58.0 Å². The summed E-state index contributed by atoms with van der Waals surface area (Å²) in [4.78, 5) is 39.1. The lowest BCUT2D eigenvalue weighted by Gasteiger charge is -2.29. The van der Waals surface area contributed by atoms with Gasteiger partial charge in [-0.1, -0.05) is 60.7 Å². The van der Waals surface area contributed by atoms with Crippen LogP contribution >= 0.6 is 0 Å². The number of nitrogens with one attached hydrogen (secondary N) is 3. The second kappa shape index (κ2) is 11.5. The maximum atomic E-state index is 13.3. The number of benzene rings is 3. The molecule has 0 heterocycles. The molecule has 2 atom stereocenters. The minimum absolute atomic E-state index is 0.0689. The van der Waals surface area contributed by atoms with Crippen molar-refractivity contribution in [2.24, 2.45) is 5.73 Å². The highest BCUT2D eigenvalue weighted by molar-refractivity contribution is 6.00. The Kier molecular flexibility index (Phi) is 8.68. The van der Waals surface area contributed by atoms with Crippen molar-refractivity contribution >= 4 is 28.5 Å². The number of hydrogen-bond acceptors (Lipinski definition) is 5. The summed E-state index contributed by atoms with van der Waals surface area (Å²) < 4.78 is 0. The second-order valence-electron chi connectivity index (χ2n) is 10.4. The molecule has 0 saturated carbocycles. The van der Waals surface area contributed by atoms with Crippen molar-refractivity contribution in [3.8, 4) is 0 Å². The van der Waals surface area contributed by atoms with Gasteiger partial charge in [0.05, 0.1) is 6.10 Å². The molecule has 3 aromatic rings. The van der Waals surface area contributed by atoms with Crippen LogP contribution in [0.4, 0.5) is 0 Å². The van der Waals surface area contributed by atoms with E-state index in [0.717, 1.165) is 16.3 Å². The van der Waals surface area contributed by atoms with Crippen LogP contribution in [0.3, 0.4) is 0 Å². The molecule has 0 aromatic heterocycles. The lowest BCUT2D eigenvalue weighted by atomic mass is 9.97. The van der Waals surface area contributed by atoms with Gasteiger partial charge in [-0.2, -0.15) is 0 Å². The van der Waals surface area contributed by atoms with Crippen molar-refractivity contribution in [2.45, 2.75) is 57.3 Å². The van der Waals surface area contributed by atoms with Gasteiger partial charge in [-0.25, -0.2) is 0 Å². The largest absolute Gasteiger partial charge is 0.389 e. The van der Waals surface area contributed by atoms with Crippen LogP contribution in [-0.2, 0) is 16.0 Å². The summed E-state index contributed by atoms with van der Waals surface area (Å²) in [5, 5.41) is 20.6. The van der Waals surface area contributed by atoms with Crippen molar-refractivity contribution < 1.29 is 19.5 Å². The van der Waals surface area contributed by atoms with E-state index >= 15 is 0 Å². The number of hydrogen-bond donors (Lipinski definition) is 5. The van der Waals surface area contributed by atoms with E-state index < -0.39 is 40.9 Å². The van der Waals surface area contributed by atoms with Crippen LogP contribution in [0.15, 0.2) is 72.8 Å². The van der Waals surface area contributed by atoms with Gasteiger partial charge in [-0.05, 0) is 56.2 Å². The summed E-state index contributed by atoms with van der Waals surface area (Å²) in [5.41, 5.74) is 5.01. The van der Waals surface area contributed by atoms with E-state index in [4.69, 9.17) is 5.73 Å². The fourth-order valence-corrected chi connectivity index (χ4v) is 3.74. The lowest BCUT2D eigenvalue weighted by Crippen LogP contribution is -2.60. The highest BCUT2D eigenvalue weighted by Crippen LogP contribution is 2.17. The number of aliphatic hydroxyl groups is 1. The molecule has 8 nitrogen and oxygen atoms in total. The van der Waals surface area contributed by atoms with E-state index in [9.17, 15) is 19.5 Å². The summed E-state index contributed by atoms with van der Waals surface area (Å²) >= 11 is 0. The van der Waals surface area contributed by atoms with E-state index in [-0.39, 0.29) is 13.0 Å². The van der Waals surface area contributed by atoms with Crippen LogP contribution in [0.5, 0.6) is 0 Å². The van der Waals surface area contributed by atoms with Gasteiger partial charge in [0.1, 0.15) is 11.6 Å². The van der Waals surface area contributed by atoms with Crippen LogP contribution < -0.4 is 21.7 Å². The summed E-state index contributed by atoms with van der Waals surface area (Å²) in [7, 11) is 0. The third kappa shape index (κ3) is 7.62. The Balaban J connectivity index is 1.78. The van der Waals surface area contributed by atoms with Gasteiger partial charge < -0.3 is 26.8 Å². The van der Waals surface area contributed by atoms with E-state index in [2.05, 4.69) is 16.0 Å². The van der Waals surface area contributed by atoms with Gasteiger partial charge >= 0.3 is 0 Å². The molecule has 3 amide bonds. The quantitative estimate of drug-likeness (QED) is 0.289. The number of fused-ring (bicyclic) bond motifs is 1. The van der Waals surface area contributed by atoms with Gasteiger partial charge in [0.15, 0.2) is 0 Å². The first-order valence-electron chi connectivity index (χ1n) is 12.3. The minimum atomic E-state index is -1.30. The van der Waals surface area contributed by atoms with Gasteiger partial charge in [0, 0.05) is 24.1 Å². The SMILES string of the molecule is CC(C)(NC(=O)c1ccccc1)C(=O)NC(Cc1ccc2ccccc2c1)C(=O)NCC(O)C(C)(C)N. The topological polar surface area (TPSA) is 134 Å². The number of rotatable bonds is 10. The molecule has 6 N–H and O–H groups in total. The molecule has 0 saturated heterocycles. The Labute approximate surface area is 217 Å². The van der Waals surface area contributed by atoms with E-state index in [1.807, 2.05) is 42.5 Å². The molecule has 0 fully saturated rings. The zero-order valence-corrected chi connectivity index (χ0v) is 21.7. The smallest absolute Gasteiger partial charge is 0.252 e. The molecule has 8 heteroatoms. The van der Waals surface area contributed by atoms with Crippen molar-refractivity contribution in [3.05, 3.63) is 83.9 Å². The second-order valence-corrected chi connectivity index (χ2v) is 10.4. The van der Waals surface area contributed by atoms with E-state index in [0.29, 0.717) is 5.56 Å². The molecule has 37 heavy (non-hydrogen) atoms. The summed E-state index contributed by atoms with van der Waals surface area (Å²) in [5.74, 6) is -1.38. The molecule has 0 aliphatic rings. The van der Waals surface area contributed by atoms with Crippen molar-refractivity contribution in [2.75, 3.05) is 6.54 Å². The number of aliphatic hydroxyl groups excluding tert-OH is 1. The molecule has 2 unspecified atom stereocenters. The zero-order chi connectivity index (χ0) is 27.2. The first kappa shape index (κ1) is 27.8. The molecule has 0 spiro atoms. The first-order chi connectivity index (χ1) is 17.4. The maximum Gasteiger partial charge on any atom is 0.252 e. The Hall–Kier alpha value is -3.75. The normalized spacial score (nSPS) is 13.5. The lowest BCUT2D eigenvalue weighted by molar-refractivity contribution is -0.132. The molecule has 0 bridgehead atoms. The van der Waals surface area contributed by atoms with Crippen LogP contribution in [0.25, 0.3) is 10.8 Å². The van der Waals surface area contributed by atoms with Crippen molar-refractivity contribution in [1.82, 2.24) is 16.0 Å². The van der Waals surface area contributed by atoms with Crippen LogP contribution in [0.1, 0.15) is 43.6 Å². The van der Waals surface area contributed by atoms with E-state index in [1.165, 1.54) is 0 Å². The molecular weight excluding hydrogens is 468 g/mol. The van der Waals surface area contributed by atoms with Crippen molar-refractivity contribution in [3.63, 3.8) is 0 Å². The Bertz CT molecular complexity index is 1250. The molecule has 0 aliphatic heterocycles. The van der Waals surface area contributed by atoms with Crippen LogP contribution in [0.2, 0.25) is 0 Å². The fraction of sp³-hybridized carbons (Fsp3) is 0.345. The maximum absolute atomic E-state index is 13.3. The minimum Gasteiger partial charge on any atom is -0.389 e. The highest BCUT2D eigenvalue weighted by atomic mass is 16.3. The molecule has 3 rings (SSSR count). The third-order valence-corrected chi connectivity index (χ3v) is 6.23. The molecular formula is C29H36N4O4. The van der Waals surface area contributed by atoms with Gasteiger partial charge in [0.25, 0.3) is 5.91 Å². The van der Waals surface area contributed by atoms with Crippen molar-refractivity contribution in [1.29, 1.82) is 0 Å². The number of carbonyl (C=O) groups excluding carboxylic acids is 3. The Morgan fingerprint density at radius 2 is 1.51 bits per heavy atom. The summed E-state index contributed by atoms with van der Waals surface area (Å²) in [6, 6.07) is 21.4. The highest BCUT2D eigenvalue weighted by Gasteiger charge is 2.33. The van der Waals surface area contributed by atoms with Gasteiger partial charge in [0.2, 0.25) is 11.8 Å². The predicted molar refractivity (Wildman–Crippen MR) is 145 cm³/mol. The van der Waals surface area contributed by atoms with Gasteiger partial charge in [-0.15, -0.1) is 0 Å². The Morgan fingerprint density at radius 3 is 2.16 bits per heavy atom. The third-order valence-electron chi connectivity index (χ3n) is 6.23. The van der Waals surface area contributed by atoms with Crippen LogP contribution in [0, 0.1) is 0 Å². The van der Waals surface area contributed by atoms with Crippen LogP contribution in [-0.4, -0.2) is 52.6 Å². The predicted octanol–water partition coefficient (Wildman–Crippen LogP) is 2.29. The average molecular weight is 505 g/mol. The van der Waals surface area contributed by atoms with Gasteiger partial charge in [-0.3, -0.25) is 14.4 Å². The Morgan fingerprint density at radius 1 is 0.892 bits per heavy atom. The number of amides is 3. The fourth-order valence-electron chi connectivity index (χ4n) is 3.74. The summed E-state index contributed by atoms with van der Waals surface area (Å²) in [6.07, 6.45) is -0.761. The first-order valence-corrected chi connectivity index (χ1v) is 12.3. The summed E-state index contributed by atoms with van der Waals surface area (Å²) in [6.45, 7) is 6.41. The number of nitrogens with two attached hydrogens (primary N) is 1. The average Bonchev–Trinajstić information content (AvgIpc) is 2.86. The standard InChI is InChI=1S/C29H36N4O4/c1-28(2,30)24(34)18-31-26(36)23(17-19-14-15-20-10-8-9-13-22(20)16-19)32-27(37)29(3,4)33-25(35)21-11-6-5-7-12-21/h5-16,23-24,34H,17-18,30H2,1-4H3,(H,31,36)(H,32,37)(H,33,35).